The van der Waals surface area contributed by atoms with Crippen molar-refractivity contribution in [2.45, 2.75) is 38.5 Å². The zero-order valence-corrected chi connectivity index (χ0v) is 36.8. The molecule has 57 heavy (non-hydrogen) atoms. The average Bonchev–Trinajstić information content (AvgIpc) is 3.95. The Bertz CT molecular complexity index is 2970. The van der Waals surface area contributed by atoms with Crippen LogP contribution in [0.25, 0.3) is 75.0 Å². The third kappa shape index (κ3) is 5.94. The number of aromatic hydroxyl groups is 2. The summed E-state index contributed by atoms with van der Waals surface area (Å²) in [6.07, 6.45) is 0. The smallest absolute Gasteiger partial charge is 0.128 e. The molecular weight excluding hydrogens is 790 g/mol. The molecule has 0 radical (unpaired) electrons. The van der Waals surface area contributed by atoms with Crippen molar-refractivity contribution in [2.24, 2.45) is 0 Å². The van der Waals surface area contributed by atoms with Crippen LogP contribution in [0.1, 0.15) is 49.9 Å². The van der Waals surface area contributed by atoms with E-state index in [-0.39, 0.29) is 36.1 Å². The molecule has 7 aromatic carbocycles. The van der Waals surface area contributed by atoms with Gasteiger partial charge in [-0.3, -0.25) is 0 Å². The first-order valence-corrected chi connectivity index (χ1v) is 20.5. The van der Waals surface area contributed by atoms with Crippen molar-refractivity contribution in [3.8, 4) is 66.0 Å². The van der Waals surface area contributed by atoms with E-state index in [9.17, 15) is 10.2 Å². The van der Waals surface area contributed by atoms with Crippen molar-refractivity contribution in [3.63, 3.8) is 0 Å². The van der Waals surface area contributed by atoms with Gasteiger partial charge in [0.05, 0.1) is 31.6 Å². The van der Waals surface area contributed by atoms with Gasteiger partial charge in [-0.2, -0.15) is 0 Å². The van der Waals surface area contributed by atoms with Gasteiger partial charge in [0.15, 0.2) is 0 Å². The molecule has 0 amide bonds. The maximum atomic E-state index is 10.7. The Morgan fingerprint density at radius 2 is 0.930 bits per heavy atom. The van der Waals surface area contributed by atoms with Gasteiger partial charge in [0.1, 0.15) is 21.5 Å². The van der Waals surface area contributed by atoms with Crippen LogP contribution in [0.15, 0.2) is 146 Å². The summed E-state index contributed by atoms with van der Waals surface area (Å²) in [5.74, 6) is 0.565. The van der Waals surface area contributed by atoms with Gasteiger partial charge in [0, 0.05) is 30.3 Å². The van der Waals surface area contributed by atoms with E-state index < -0.39 is 0 Å². The molecule has 2 heterocycles. The summed E-state index contributed by atoms with van der Waals surface area (Å²) in [4.78, 5) is 9.55. The van der Waals surface area contributed by atoms with Gasteiger partial charge in [0.25, 0.3) is 0 Å². The fourth-order valence-corrected chi connectivity index (χ4v) is 10.8. The standard InChI is InChI=1S/C28H21NOS.C22H17NOS.Zn/c1-28(2)22-8-4-3-7-19(22)20-13-11-18(16-23(20)28)17-12-14-25(30)21(15-17)27-29-24-9-5-6-10-26(24)31-27;1-22(2)15-8-4-3-7-13(15)14-11-12-17(24)19(20(14)22)21-23-16-9-5-6-10-18(16)25-21;/h3-16,30H,1-2H3;3-12,24H,1-2H3;. The van der Waals surface area contributed by atoms with E-state index in [2.05, 4.69) is 113 Å². The van der Waals surface area contributed by atoms with Crippen molar-refractivity contribution < 1.29 is 29.7 Å². The largest absolute Gasteiger partial charge is 0.507 e. The molecule has 2 aliphatic rings. The number of nitrogens with zero attached hydrogens (tertiary/aromatic N) is 2. The molecule has 2 aromatic heterocycles. The normalized spacial score (nSPS) is 13.9. The molecule has 11 rings (SSSR count). The number of thiazole rings is 2. The molecule has 274 valence electrons. The predicted octanol–water partition coefficient (Wildman–Crippen LogP) is 13.6. The van der Waals surface area contributed by atoms with Gasteiger partial charge in [-0.25, -0.2) is 9.97 Å². The molecule has 0 spiro atoms. The maximum absolute atomic E-state index is 10.7. The van der Waals surface area contributed by atoms with Crippen LogP contribution in [0, 0.1) is 0 Å². The van der Waals surface area contributed by atoms with E-state index in [1.807, 2.05) is 48.5 Å². The molecule has 0 fully saturated rings. The maximum Gasteiger partial charge on any atom is 0.128 e. The van der Waals surface area contributed by atoms with Crippen LogP contribution in [0.4, 0.5) is 0 Å². The van der Waals surface area contributed by atoms with Gasteiger partial charge in [-0.05, 0) is 104 Å². The SMILES string of the molecule is CC1(C)c2ccccc2-c2ccc(-c3ccc(O)c(-c4nc5ccccc5s4)c3)cc21.CC1(C)c2ccccc2-c2ccc(O)c(-c3nc4ccccc4s3)c21.[Zn]. The van der Waals surface area contributed by atoms with Crippen LogP contribution in [0.2, 0.25) is 0 Å². The Morgan fingerprint density at radius 1 is 0.439 bits per heavy atom. The van der Waals surface area contributed by atoms with E-state index in [1.165, 1.54) is 44.5 Å². The van der Waals surface area contributed by atoms with Gasteiger partial charge >= 0.3 is 0 Å². The third-order valence-corrected chi connectivity index (χ3v) is 13.8. The first-order chi connectivity index (χ1) is 27.1. The van der Waals surface area contributed by atoms with Crippen molar-refractivity contribution in [2.75, 3.05) is 0 Å². The Labute approximate surface area is 353 Å². The van der Waals surface area contributed by atoms with Gasteiger partial charge < -0.3 is 10.2 Å². The second-order valence-electron chi connectivity index (χ2n) is 15.7. The van der Waals surface area contributed by atoms with E-state index in [0.29, 0.717) is 5.75 Å². The van der Waals surface area contributed by atoms with E-state index in [1.54, 1.807) is 34.8 Å². The van der Waals surface area contributed by atoms with Crippen molar-refractivity contribution in [3.05, 3.63) is 168 Å². The minimum absolute atomic E-state index is 0. The zero-order valence-electron chi connectivity index (χ0n) is 32.2. The molecule has 0 saturated carbocycles. The summed E-state index contributed by atoms with van der Waals surface area (Å²) in [6.45, 7) is 9.05. The molecule has 0 bridgehead atoms. The summed E-state index contributed by atoms with van der Waals surface area (Å²) in [7, 11) is 0. The number of hydrogen-bond acceptors (Lipinski definition) is 6. The van der Waals surface area contributed by atoms with Crippen LogP contribution >= 0.6 is 22.7 Å². The molecule has 0 saturated heterocycles. The van der Waals surface area contributed by atoms with Crippen LogP contribution in [0.3, 0.4) is 0 Å². The van der Waals surface area contributed by atoms with Crippen molar-refractivity contribution >= 4 is 43.1 Å². The number of phenolic OH excluding ortho intramolecular Hbond substituents is 2. The monoisotopic (exact) mass is 826 g/mol. The Hall–Kier alpha value is -5.46. The van der Waals surface area contributed by atoms with Crippen LogP contribution < -0.4 is 0 Å². The zero-order chi connectivity index (χ0) is 38.3. The summed E-state index contributed by atoms with van der Waals surface area (Å²) < 4.78 is 2.27. The number of hydrogen-bond donors (Lipinski definition) is 2. The van der Waals surface area contributed by atoms with E-state index >= 15 is 0 Å². The molecule has 2 N–H and O–H groups in total. The van der Waals surface area contributed by atoms with Crippen LogP contribution in [0.5, 0.6) is 11.5 Å². The van der Waals surface area contributed by atoms with Crippen molar-refractivity contribution in [1.29, 1.82) is 0 Å². The number of para-hydroxylation sites is 2. The van der Waals surface area contributed by atoms with E-state index in [4.69, 9.17) is 9.97 Å². The Balaban J connectivity index is 0.000000149. The fourth-order valence-electron chi connectivity index (χ4n) is 8.82. The Morgan fingerprint density at radius 3 is 1.61 bits per heavy atom. The number of phenols is 2. The molecule has 0 atom stereocenters. The molecule has 0 aliphatic heterocycles. The second-order valence-corrected chi connectivity index (χ2v) is 17.8. The van der Waals surface area contributed by atoms with E-state index in [0.717, 1.165) is 52.7 Å². The third-order valence-electron chi connectivity index (χ3n) is 11.6. The quantitative estimate of drug-likeness (QED) is 0.174. The summed E-state index contributed by atoms with van der Waals surface area (Å²) in [5.41, 5.74) is 15.9. The molecule has 9 aromatic rings. The fraction of sp³-hybridized carbons (Fsp3) is 0.120. The van der Waals surface area contributed by atoms with Crippen LogP contribution in [-0.2, 0) is 30.3 Å². The Kier molecular flexibility index (Phi) is 9.04. The summed E-state index contributed by atoms with van der Waals surface area (Å²) >= 11 is 3.25. The average molecular weight is 828 g/mol. The summed E-state index contributed by atoms with van der Waals surface area (Å²) in [6, 6.07) is 49.8. The first-order valence-electron chi connectivity index (χ1n) is 18.9. The topological polar surface area (TPSA) is 66.2 Å². The van der Waals surface area contributed by atoms with Gasteiger partial charge in [0.2, 0.25) is 0 Å². The first kappa shape index (κ1) is 37.1. The molecule has 2 aliphatic carbocycles. The molecule has 7 heteroatoms. The van der Waals surface area contributed by atoms with Crippen LogP contribution in [-0.4, -0.2) is 20.2 Å². The number of aromatic nitrogens is 2. The predicted molar refractivity (Wildman–Crippen MR) is 234 cm³/mol. The van der Waals surface area contributed by atoms with Gasteiger partial charge in [-0.15, -0.1) is 22.7 Å². The second kappa shape index (κ2) is 13.9. The number of rotatable bonds is 3. The minimum atomic E-state index is -0.169. The molecule has 0 unspecified atom stereocenters. The minimum Gasteiger partial charge on any atom is -0.507 e. The van der Waals surface area contributed by atoms with Gasteiger partial charge in [-0.1, -0.05) is 125 Å². The number of fused-ring (bicyclic) bond motifs is 8. The number of benzene rings is 7. The molecule has 4 nitrogen and oxygen atoms in total. The van der Waals surface area contributed by atoms with Crippen molar-refractivity contribution in [1.82, 2.24) is 9.97 Å². The molecular formula is C50H38N2O2S2Zn. The summed E-state index contributed by atoms with van der Waals surface area (Å²) in [5, 5.41) is 23.0.